The quantitative estimate of drug-likeness (QED) is 0.113. The van der Waals surface area contributed by atoms with E-state index in [-0.39, 0.29) is 0 Å². The van der Waals surface area contributed by atoms with Crippen LogP contribution in [-0.4, -0.2) is 11.8 Å². The fraction of sp³-hybridized carbons (Fsp3) is 0.161. The molecule has 6 aromatic rings. The van der Waals surface area contributed by atoms with Crippen molar-refractivity contribution in [2.75, 3.05) is 16.3 Å². The van der Waals surface area contributed by atoms with Gasteiger partial charge in [-0.1, -0.05) is 213 Å². The van der Waals surface area contributed by atoms with Crippen LogP contribution in [0.5, 0.6) is 0 Å². The summed E-state index contributed by atoms with van der Waals surface area (Å²) >= 11 is 5.81. The Bertz CT molecular complexity index is 2640. The summed E-state index contributed by atoms with van der Waals surface area (Å²) < 4.78 is 1.08. The number of hydrogen-bond acceptors (Lipinski definition) is 3. The van der Waals surface area contributed by atoms with Gasteiger partial charge in [-0.3, -0.25) is 0 Å². The molecule has 1 heterocycles. The van der Waals surface area contributed by atoms with Crippen molar-refractivity contribution in [1.29, 1.82) is 0 Å². The molecule has 0 fully saturated rings. The molecule has 9 rings (SSSR count). The van der Waals surface area contributed by atoms with Crippen LogP contribution in [0, 0.1) is 12.8 Å². The molecule has 6 aromatic carbocycles. The number of aryl methyl sites for hydroxylation is 1. The van der Waals surface area contributed by atoms with Gasteiger partial charge in [0.2, 0.25) is 0 Å². The molecule has 0 radical (unpaired) electrons. The first kappa shape index (κ1) is 49.1. The molecule has 0 N–H and O–H groups in total. The van der Waals surface area contributed by atoms with Gasteiger partial charge in [-0.15, -0.1) is 11.8 Å². The molecule has 3 aliphatic rings. The van der Waals surface area contributed by atoms with Gasteiger partial charge in [-0.2, -0.15) is 0 Å². The molecule has 0 aromatic heterocycles. The molecular weight excluding hydrogens is 885 g/mol. The first-order valence-electron chi connectivity index (χ1n) is 23.2. The molecule has 2 aliphatic carbocycles. The summed E-state index contributed by atoms with van der Waals surface area (Å²) in [5.74, 6) is 0.426. The van der Waals surface area contributed by atoms with Crippen molar-refractivity contribution >= 4 is 50.4 Å². The lowest BCUT2D eigenvalue weighted by atomic mass is 9.91. The van der Waals surface area contributed by atoms with E-state index in [1.807, 2.05) is 81.1 Å². The molecule has 0 saturated carbocycles. The Morgan fingerprint density at radius 2 is 1.32 bits per heavy atom. The Morgan fingerprint density at radius 1 is 0.682 bits per heavy atom. The molecule has 0 spiro atoms. The fourth-order valence-corrected chi connectivity index (χ4v) is 10.2. The molecule has 2 atom stereocenters. The van der Waals surface area contributed by atoms with Gasteiger partial charge in [-0.25, -0.2) is 0 Å². The van der Waals surface area contributed by atoms with Gasteiger partial charge in [0.25, 0.3) is 0 Å². The molecular formula is C62H63BrN2S. The second kappa shape index (κ2) is 26.0. The van der Waals surface area contributed by atoms with Crippen molar-refractivity contribution in [1.82, 2.24) is 0 Å². The lowest BCUT2D eigenvalue weighted by Crippen LogP contribution is -2.25. The lowest BCUT2D eigenvalue weighted by molar-refractivity contribution is 0.810. The monoisotopic (exact) mass is 946 g/mol. The number of allylic oxidation sites excluding steroid dienone is 11. The minimum Gasteiger partial charge on any atom is -0.341 e. The average Bonchev–Trinajstić information content (AvgIpc) is 3.75. The van der Waals surface area contributed by atoms with E-state index in [2.05, 4.69) is 216 Å². The Morgan fingerprint density at radius 3 is 1.95 bits per heavy atom. The van der Waals surface area contributed by atoms with E-state index in [4.69, 9.17) is 0 Å². The van der Waals surface area contributed by atoms with Crippen LogP contribution >= 0.6 is 27.7 Å². The SMILES string of the molecule is C=C/C=C\C.C=CC1=C(CCN(C2=CCCC=C2)c2ccc(N(c3ccc(-c4ccccc4)cc3)c3cccc(-c4ccccc4Br)c3)cc2C)SC2C=CC=CC12.CC.c1ccccc1. The zero-order valence-corrected chi connectivity index (χ0v) is 41.3. The second-order valence-electron chi connectivity index (χ2n) is 15.6. The summed E-state index contributed by atoms with van der Waals surface area (Å²) in [4.78, 5) is 6.37. The number of anilines is 4. The van der Waals surface area contributed by atoms with E-state index in [1.165, 1.54) is 49.7 Å². The van der Waals surface area contributed by atoms with Crippen molar-refractivity contribution in [3.8, 4) is 22.3 Å². The minimum absolute atomic E-state index is 0.426. The fourth-order valence-electron chi connectivity index (χ4n) is 8.24. The summed E-state index contributed by atoms with van der Waals surface area (Å²) in [6.07, 6.45) is 26.9. The second-order valence-corrected chi connectivity index (χ2v) is 17.8. The molecule has 0 saturated heterocycles. The van der Waals surface area contributed by atoms with Crippen molar-refractivity contribution in [2.24, 2.45) is 5.92 Å². The van der Waals surface area contributed by atoms with E-state index in [0.717, 1.165) is 47.3 Å². The highest BCUT2D eigenvalue weighted by Crippen LogP contribution is 2.47. The van der Waals surface area contributed by atoms with Crippen molar-refractivity contribution < 1.29 is 0 Å². The lowest BCUT2D eigenvalue weighted by Gasteiger charge is -2.31. The number of hydrogen-bond donors (Lipinski definition) is 0. The van der Waals surface area contributed by atoms with Crippen LogP contribution in [0.1, 0.15) is 45.6 Å². The minimum atomic E-state index is 0.426. The third-order valence-electron chi connectivity index (χ3n) is 11.4. The Labute approximate surface area is 408 Å². The predicted octanol–water partition coefficient (Wildman–Crippen LogP) is 18.8. The molecule has 0 amide bonds. The molecule has 334 valence electrons. The molecule has 4 heteroatoms. The number of rotatable bonds is 12. The van der Waals surface area contributed by atoms with E-state index >= 15 is 0 Å². The highest BCUT2D eigenvalue weighted by molar-refractivity contribution is 9.10. The van der Waals surface area contributed by atoms with Gasteiger partial charge in [-0.05, 0) is 126 Å². The van der Waals surface area contributed by atoms with Crippen molar-refractivity contribution in [2.45, 2.75) is 52.2 Å². The molecule has 2 unspecified atom stereocenters. The third-order valence-corrected chi connectivity index (χ3v) is 13.5. The maximum atomic E-state index is 4.22. The highest BCUT2D eigenvalue weighted by atomic mass is 79.9. The Kier molecular flexibility index (Phi) is 19.3. The summed E-state index contributed by atoms with van der Waals surface area (Å²) in [5, 5.41) is 0.473. The molecule has 1 aliphatic heterocycles. The number of benzene rings is 6. The Hall–Kier alpha value is -6.33. The van der Waals surface area contributed by atoms with Gasteiger partial charge >= 0.3 is 0 Å². The third kappa shape index (κ3) is 12.9. The number of fused-ring (bicyclic) bond motifs is 1. The van der Waals surface area contributed by atoms with Gasteiger partial charge in [0, 0.05) is 50.6 Å². The van der Waals surface area contributed by atoms with Crippen LogP contribution in [0.4, 0.5) is 22.7 Å². The van der Waals surface area contributed by atoms with Gasteiger partial charge in [0.15, 0.2) is 0 Å². The van der Waals surface area contributed by atoms with Crippen LogP contribution in [0.25, 0.3) is 22.3 Å². The Balaban J connectivity index is 0.000000487. The summed E-state index contributed by atoms with van der Waals surface area (Å²) in [7, 11) is 0. The van der Waals surface area contributed by atoms with Crippen LogP contribution in [0.2, 0.25) is 0 Å². The van der Waals surface area contributed by atoms with Crippen LogP contribution < -0.4 is 9.80 Å². The standard InChI is InChI=1S/C49H43BrN2S.C6H6.C5H8.C2H6/c1-3-43-45-22-11-13-24-48(45)53-49(43)31-32-51(39-18-8-5-9-19-39)47-30-29-42(33-35(47)2)52(40-27-25-37(26-28-40)36-15-6-4-7-16-36)41-20-14-17-38(34-41)44-21-10-12-23-46(44)50;1-2-4-6-5-3-1;1-3-5-4-2;1-2/h3-4,6-8,10-30,33-34,45,48H,1,5,9,31-32H2,2H3;1-6H;3-5H,1H2,2H3;1-2H3/b;;5-4-;. The zero-order valence-electron chi connectivity index (χ0n) is 38.9. The summed E-state index contributed by atoms with van der Waals surface area (Å²) in [6.45, 7) is 16.8. The average molecular weight is 948 g/mol. The molecule has 2 nitrogen and oxygen atoms in total. The number of thioether (sulfide) groups is 1. The maximum Gasteiger partial charge on any atom is 0.0467 e. The van der Waals surface area contributed by atoms with E-state index < -0.39 is 0 Å². The van der Waals surface area contributed by atoms with Gasteiger partial charge < -0.3 is 9.80 Å². The van der Waals surface area contributed by atoms with Gasteiger partial charge in [0.05, 0.1) is 0 Å². The first-order chi connectivity index (χ1) is 32.5. The zero-order chi connectivity index (χ0) is 46.5. The van der Waals surface area contributed by atoms with E-state index in [9.17, 15) is 0 Å². The van der Waals surface area contributed by atoms with Crippen LogP contribution in [0.15, 0.2) is 258 Å². The largest absolute Gasteiger partial charge is 0.341 e. The first-order valence-corrected chi connectivity index (χ1v) is 24.8. The van der Waals surface area contributed by atoms with Crippen LogP contribution in [0.3, 0.4) is 0 Å². The smallest absolute Gasteiger partial charge is 0.0467 e. The van der Waals surface area contributed by atoms with E-state index in [0.29, 0.717) is 11.2 Å². The molecule has 0 bridgehead atoms. The summed E-state index contributed by atoms with van der Waals surface area (Å²) in [6, 6.07) is 55.8. The molecule has 66 heavy (non-hydrogen) atoms. The predicted molar refractivity (Wildman–Crippen MR) is 296 cm³/mol. The summed E-state index contributed by atoms with van der Waals surface area (Å²) in [5.41, 5.74) is 13.3. The maximum absolute atomic E-state index is 4.22. The van der Waals surface area contributed by atoms with Crippen molar-refractivity contribution in [3.63, 3.8) is 0 Å². The van der Waals surface area contributed by atoms with Gasteiger partial charge in [0.1, 0.15) is 0 Å². The topological polar surface area (TPSA) is 6.48 Å². The normalized spacial score (nSPS) is 15.5. The number of halogens is 1. The van der Waals surface area contributed by atoms with E-state index in [1.54, 1.807) is 6.08 Å². The van der Waals surface area contributed by atoms with Crippen LogP contribution in [-0.2, 0) is 0 Å². The highest BCUT2D eigenvalue weighted by Gasteiger charge is 2.32. The number of nitrogens with zero attached hydrogens (tertiary/aromatic N) is 2. The van der Waals surface area contributed by atoms with Crippen molar-refractivity contribution in [3.05, 3.63) is 264 Å².